The number of carbonyl (C=O) groups is 1. The van der Waals surface area contributed by atoms with E-state index in [0.717, 1.165) is 49.2 Å². The third-order valence-corrected chi connectivity index (χ3v) is 9.92. The summed E-state index contributed by atoms with van der Waals surface area (Å²) < 4.78 is 7.88. The molecule has 1 atom stereocenters. The zero-order valence-electron chi connectivity index (χ0n) is 23.0. The van der Waals surface area contributed by atoms with Gasteiger partial charge in [-0.15, -0.1) is 21.5 Å². The summed E-state index contributed by atoms with van der Waals surface area (Å²) in [7, 11) is 0. The second-order valence-electron chi connectivity index (χ2n) is 10.4. The Labute approximate surface area is 234 Å². The van der Waals surface area contributed by atoms with Crippen LogP contribution in [0.25, 0.3) is 0 Å². The molecule has 1 aliphatic carbocycles. The highest BCUT2D eigenvalue weighted by atomic mass is 32.2. The molecule has 38 heavy (non-hydrogen) atoms. The monoisotopic (exact) mass is 551 g/mol. The number of aromatic nitrogens is 3. The van der Waals surface area contributed by atoms with Crippen LogP contribution in [0, 0.1) is 22.7 Å². The van der Waals surface area contributed by atoms with Gasteiger partial charge in [0.15, 0.2) is 11.0 Å². The van der Waals surface area contributed by atoms with Crippen LogP contribution in [0.4, 0.5) is 5.00 Å². The van der Waals surface area contributed by atoms with E-state index in [1.807, 2.05) is 23.6 Å². The van der Waals surface area contributed by atoms with Crippen molar-refractivity contribution in [2.45, 2.75) is 85.0 Å². The summed E-state index contributed by atoms with van der Waals surface area (Å²) in [5, 5.41) is 22.8. The van der Waals surface area contributed by atoms with Crippen LogP contribution in [0.2, 0.25) is 0 Å². The lowest BCUT2D eigenvalue weighted by Gasteiger charge is -2.36. The quantitative estimate of drug-likeness (QED) is 0.268. The molecule has 4 rings (SSSR count). The Morgan fingerprint density at radius 1 is 1.26 bits per heavy atom. The Balaban J connectivity index is 1.37. The van der Waals surface area contributed by atoms with Gasteiger partial charge in [-0.05, 0) is 67.2 Å². The number of benzene rings is 1. The second-order valence-corrected chi connectivity index (χ2v) is 12.4. The lowest BCUT2D eigenvalue weighted by molar-refractivity contribution is -0.113. The Kier molecular flexibility index (Phi) is 9.16. The minimum Gasteiger partial charge on any atom is -0.486 e. The van der Waals surface area contributed by atoms with Gasteiger partial charge in [-0.2, -0.15) is 5.26 Å². The first kappa shape index (κ1) is 28.2. The number of hydrogen-bond donors (Lipinski definition) is 1. The first-order chi connectivity index (χ1) is 18.3. The molecule has 0 fully saturated rings. The van der Waals surface area contributed by atoms with E-state index in [1.54, 1.807) is 11.3 Å². The molecule has 7 nitrogen and oxygen atoms in total. The van der Waals surface area contributed by atoms with Gasteiger partial charge in [0.1, 0.15) is 23.4 Å². The van der Waals surface area contributed by atoms with E-state index in [-0.39, 0.29) is 17.1 Å². The van der Waals surface area contributed by atoms with Gasteiger partial charge in [0.2, 0.25) is 5.91 Å². The zero-order chi connectivity index (χ0) is 27.3. The molecular weight excluding hydrogens is 514 g/mol. The Bertz CT molecular complexity index is 1300. The van der Waals surface area contributed by atoms with Crippen LogP contribution in [-0.2, 0) is 37.2 Å². The van der Waals surface area contributed by atoms with Crippen molar-refractivity contribution >= 4 is 34.0 Å². The van der Waals surface area contributed by atoms with E-state index in [2.05, 4.69) is 61.4 Å². The Morgan fingerprint density at radius 2 is 2.03 bits per heavy atom. The van der Waals surface area contributed by atoms with Crippen LogP contribution < -0.4 is 10.1 Å². The third kappa shape index (κ3) is 6.24. The molecule has 1 aliphatic rings. The summed E-state index contributed by atoms with van der Waals surface area (Å²) in [4.78, 5) is 14.1. The molecule has 3 aromatic rings. The van der Waals surface area contributed by atoms with E-state index in [1.165, 1.54) is 22.2 Å². The van der Waals surface area contributed by atoms with Gasteiger partial charge in [0.25, 0.3) is 0 Å². The van der Waals surface area contributed by atoms with Crippen molar-refractivity contribution in [3.8, 4) is 11.8 Å². The number of nitriles is 1. The zero-order valence-corrected chi connectivity index (χ0v) is 24.6. The first-order valence-corrected chi connectivity index (χ1v) is 15.2. The maximum absolute atomic E-state index is 12.9. The molecule has 0 bridgehead atoms. The van der Waals surface area contributed by atoms with Gasteiger partial charge in [-0.1, -0.05) is 58.0 Å². The highest BCUT2D eigenvalue weighted by molar-refractivity contribution is 7.99. The third-order valence-electron chi connectivity index (χ3n) is 7.79. The van der Waals surface area contributed by atoms with Crippen LogP contribution in [0.1, 0.15) is 74.9 Å². The van der Waals surface area contributed by atoms with Crippen LogP contribution in [-0.4, -0.2) is 26.4 Å². The molecule has 2 aromatic heterocycles. The van der Waals surface area contributed by atoms with Crippen molar-refractivity contribution < 1.29 is 9.53 Å². The van der Waals surface area contributed by atoms with Gasteiger partial charge in [-0.25, -0.2) is 0 Å². The van der Waals surface area contributed by atoms with E-state index >= 15 is 0 Å². The lowest BCUT2D eigenvalue weighted by atomic mass is 9.69. The fourth-order valence-corrected chi connectivity index (χ4v) is 6.98. The molecule has 1 unspecified atom stereocenters. The number of fused-ring (bicyclic) bond motifs is 1. The molecule has 1 amide bonds. The summed E-state index contributed by atoms with van der Waals surface area (Å²) in [6.45, 7) is 12.0. The van der Waals surface area contributed by atoms with E-state index in [9.17, 15) is 10.1 Å². The number of nitrogens with one attached hydrogen (secondary N) is 1. The molecule has 0 aliphatic heterocycles. The summed E-state index contributed by atoms with van der Waals surface area (Å²) in [6.07, 6.45) is 5.09. The predicted octanol–water partition coefficient (Wildman–Crippen LogP) is 6.64. The number of amides is 1. The molecule has 202 valence electrons. The smallest absolute Gasteiger partial charge is 0.235 e. The maximum Gasteiger partial charge on any atom is 0.235 e. The van der Waals surface area contributed by atoms with Gasteiger partial charge in [-0.3, -0.25) is 4.79 Å². The van der Waals surface area contributed by atoms with E-state index < -0.39 is 0 Å². The fraction of sp³-hybridized carbons (Fsp3) is 0.517. The average Bonchev–Trinajstić information content (AvgIpc) is 3.49. The largest absolute Gasteiger partial charge is 0.486 e. The Hall–Kier alpha value is -2.83. The minimum atomic E-state index is -0.144. The normalized spacial score (nSPS) is 15.1. The molecule has 0 radical (unpaired) electrons. The summed E-state index contributed by atoms with van der Waals surface area (Å²) in [5.74, 6) is 2.15. The number of thioether (sulfide) groups is 1. The van der Waals surface area contributed by atoms with Crippen LogP contribution in [0.5, 0.6) is 5.75 Å². The van der Waals surface area contributed by atoms with Gasteiger partial charge in [0, 0.05) is 11.4 Å². The highest BCUT2D eigenvalue weighted by Crippen LogP contribution is 2.45. The van der Waals surface area contributed by atoms with Crippen molar-refractivity contribution in [2.24, 2.45) is 11.3 Å². The number of rotatable bonds is 11. The highest BCUT2D eigenvalue weighted by Gasteiger charge is 2.34. The fourth-order valence-electron chi connectivity index (χ4n) is 4.86. The van der Waals surface area contributed by atoms with Gasteiger partial charge < -0.3 is 14.6 Å². The average molecular weight is 552 g/mol. The standard InChI is InChI=1S/C29H37N5O2S2/c1-6-19-9-12-21(13-10-19)36-17-25-32-33-28(34(25)8-3)37-18-26(35)31-27-23(16-30)22-14-11-20(15-24(22)38-27)29(4,5)7-2/h9-10,12-13,20H,6-8,11,14-15,17-18H2,1-5H3,(H,31,35). The number of carbonyl (C=O) groups excluding carboxylic acids is 1. The predicted molar refractivity (Wildman–Crippen MR) is 154 cm³/mol. The van der Waals surface area contributed by atoms with Crippen molar-refractivity contribution in [1.29, 1.82) is 5.26 Å². The summed E-state index contributed by atoms with van der Waals surface area (Å²) in [5.41, 5.74) is 3.30. The van der Waals surface area contributed by atoms with Crippen molar-refractivity contribution in [3.63, 3.8) is 0 Å². The topological polar surface area (TPSA) is 92.8 Å². The summed E-state index contributed by atoms with van der Waals surface area (Å²) >= 11 is 2.92. The van der Waals surface area contributed by atoms with Crippen molar-refractivity contribution in [2.75, 3.05) is 11.1 Å². The molecule has 1 N–H and O–H groups in total. The number of thiophene rings is 1. The molecule has 0 spiro atoms. The number of ether oxygens (including phenoxy) is 1. The number of aryl methyl sites for hydroxylation is 1. The van der Waals surface area contributed by atoms with E-state index in [4.69, 9.17) is 4.74 Å². The van der Waals surface area contributed by atoms with Gasteiger partial charge in [0.05, 0.1) is 11.3 Å². The molecule has 2 heterocycles. The minimum absolute atomic E-state index is 0.144. The Morgan fingerprint density at radius 3 is 2.68 bits per heavy atom. The van der Waals surface area contributed by atoms with Crippen LogP contribution in [0.3, 0.4) is 0 Å². The molecule has 0 saturated heterocycles. The first-order valence-electron chi connectivity index (χ1n) is 13.4. The number of nitrogens with zero attached hydrogens (tertiary/aromatic N) is 4. The van der Waals surface area contributed by atoms with E-state index in [0.29, 0.717) is 34.8 Å². The molecule has 1 aromatic carbocycles. The second kappa shape index (κ2) is 12.4. The van der Waals surface area contributed by atoms with Crippen molar-refractivity contribution in [3.05, 3.63) is 51.7 Å². The lowest BCUT2D eigenvalue weighted by Crippen LogP contribution is -2.28. The van der Waals surface area contributed by atoms with Gasteiger partial charge >= 0.3 is 0 Å². The summed E-state index contributed by atoms with van der Waals surface area (Å²) in [6, 6.07) is 10.4. The number of hydrogen-bond acceptors (Lipinski definition) is 7. The van der Waals surface area contributed by atoms with Crippen LogP contribution in [0.15, 0.2) is 29.4 Å². The molecule has 9 heteroatoms. The van der Waals surface area contributed by atoms with Crippen LogP contribution >= 0.6 is 23.1 Å². The maximum atomic E-state index is 12.9. The number of anilines is 1. The molecular formula is C29H37N5O2S2. The van der Waals surface area contributed by atoms with Crippen molar-refractivity contribution in [1.82, 2.24) is 14.8 Å². The molecule has 0 saturated carbocycles. The SMILES string of the molecule is CCc1ccc(OCc2nnc(SCC(=O)Nc3sc4c(c3C#N)CCC(C(C)(C)CC)C4)n2CC)cc1.